The van der Waals surface area contributed by atoms with E-state index in [2.05, 4.69) is 20.5 Å². The molecule has 0 atom stereocenters. The maximum absolute atomic E-state index is 11.4. The molecule has 1 aliphatic rings. The van der Waals surface area contributed by atoms with Crippen LogP contribution in [0, 0.1) is 0 Å². The van der Waals surface area contributed by atoms with E-state index >= 15 is 0 Å². The minimum Gasteiger partial charge on any atom is -0.496 e. The van der Waals surface area contributed by atoms with Gasteiger partial charge < -0.3 is 15.4 Å². The van der Waals surface area contributed by atoms with Gasteiger partial charge in [0.1, 0.15) is 5.75 Å². The second kappa shape index (κ2) is 10.8. The number of benzene rings is 1. The molecular weight excluding hydrogens is 455 g/mol. The van der Waals surface area contributed by atoms with Crippen molar-refractivity contribution in [3.8, 4) is 5.75 Å². The first-order chi connectivity index (χ1) is 11.5. The van der Waals surface area contributed by atoms with Crippen LogP contribution in [0.2, 0.25) is 0 Å². The summed E-state index contributed by atoms with van der Waals surface area (Å²) in [6, 6.07) is 7.85. The van der Waals surface area contributed by atoms with Gasteiger partial charge >= 0.3 is 0 Å². The average Bonchev–Trinajstić information content (AvgIpc) is 2.59. The van der Waals surface area contributed by atoms with E-state index < -0.39 is 9.84 Å². The zero-order valence-corrected chi connectivity index (χ0v) is 17.8. The van der Waals surface area contributed by atoms with E-state index in [4.69, 9.17) is 4.74 Å². The van der Waals surface area contributed by atoms with E-state index in [1.807, 2.05) is 24.3 Å². The average molecular weight is 482 g/mol. The van der Waals surface area contributed by atoms with E-state index in [-0.39, 0.29) is 35.5 Å². The van der Waals surface area contributed by atoms with Crippen molar-refractivity contribution in [2.45, 2.75) is 6.54 Å². The third-order valence-corrected chi connectivity index (χ3v) is 5.63. The highest BCUT2D eigenvalue weighted by molar-refractivity contribution is 14.0. The molecule has 0 spiro atoms. The van der Waals surface area contributed by atoms with E-state index in [0.29, 0.717) is 32.1 Å². The van der Waals surface area contributed by atoms with Gasteiger partial charge in [-0.3, -0.25) is 9.89 Å². The number of guanidine groups is 1. The van der Waals surface area contributed by atoms with Crippen molar-refractivity contribution >= 4 is 39.8 Å². The molecule has 2 N–H and O–H groups in total. The Bertz CT molecular complexity index is 653. The van der Waals surface area contributed by atoms with Crippen LogP contribution >= 0.6 is 24.0 Å². The highest BCUT2D eigenvalue weighted by Gasteiger charge is 2.20. The number of aliphatic imine (C=N–C) groups is 1. The molecular formula is C16H27IN4O3S. The summed E-state index contributed by atoms with van der Waals surface area (Å²) in [6.45, 7) is 3.34. The molecule has 0 aliphatic carbocycles. The lowest BCUT2D eigenvalue weighted by molar-refractivity contribution is 0.299. The maximum Gasteiger partial charge on any atom is 0.191 e. The predicted molar refractivity (Wildman–Crippen MR) is 112 cm³/mol. The van der Waals surface area contributed by atoms with E-state index in [9.17, 15) is 8.42 Å². The van der Waals surface area contributed by atoms with Gasteiger partial charge in [0.25, 0.3) is 0 Å². The number of rotatable bonds is 6. The molecule has 0 aromatic heterocycles. The van der Waals surface area contributed by atoms with Crippen LogP contribution in [0.5, 0.6) is 5.75 Å². The summed E-state index contributed by atoms with van der Waals surface area (Å²) in [5.41, 5.74) is 1.06. The van der Waals surface area contributed by atoms with Gasteiger partial charge in [-0.1, -0.05) is 18.2 Å². The van der Waals surface area contributed by atoms with Crippen LogP contribution in [-0.4, -0.2) is 71.1 Å². The Hall–Kier alpha value is -1.07. The van der Waals surface area contributed by atoms with Crippen molar-refractivity contribution in [2.75, 3.05) is 51.8 Å². The largest absolute Gasteiger partial charge is 0.496 e. The molecule has 0 saturated carbocycles. The van der Waals surface area contributed by atoms with Crippen molar-refractivity contribution < 1.29 is 13.2 Å². The monoisotopic (exact) mass is 482 g/mol. The van der Waals surface area contributed by atoms with Gasteiger partial charge in [0.05, 0.1) is 18.6 Å². The maximum atomic E-state index is 11.4. The summed E-state index contributed by atoms with van der Waals surface area (Å²) in [7, 11) is 0.567. The summed E-state index contributed by atoms with van der Waals surface area (Å²) >= 11 is 0. The molecule has 9 heteroatoms. The molecule has 0 radical (unpaired) electrons. The molecule has 1 fully saturated rings. The Kier molecular flexibility index (Phi) is 9.51. The Labute approximate surface area is 167 Å². The Morgan fingerprint density at radius 1 is 1.24 bits per heavy atom. The Morgan fingerprint density at radius 2 is 1.92 bits per heavy atom. The van der Waals surface area contributed by atoms with Crippen LogP contribution in [0.15, 0.2) is 29.3 Å². The summed E-state index contributed by atoms with van der Waals surface area (Å²) in [5.74, 6) is 2.07. The zero-order chi connectivity index (χ0) is 17.4. The molecule has 7 nitrogen and oxygen atoms in total. The second-order valence-corrected chi connectivity index (χ2v) is 7.96. The van der Waals surface area contributed by atoms with Gasteiger partial charge in [-0.05, 0) is 6.07 Å². The van der Waals surface area contributed by atoms with E-state index in [1.165, 1.54) is 0 Å². The van der Waals surface area contributed by atoms with Crippen molar-refractivity contribution in [2.24, 2.45) is 4.99 Å². The standard InChI is InChI=1S/C16H26N4O3S.HI/c1-17-16(19-13-14-5-3-4-6-15(14)23-2)18-7-8-20-9-11-24(21,22)12-10-20;/h3-6H,7-13H2,1-2H3,(H2,17,18,19);1H. The molecule has 25 heavy (non-hydrogen) atoms. The molecule has 1 aromatic carbocycles. The highest BCUT2D eigenvalue weighted by atomic mass is 127. The first-order valence-electron chi connectivity index (χ1n) is 8.03. The number of methoxy groups -OCH3 is 1. The Morgan fingerprint density at radius 3 is 2.56 bits per heavy atom. The van der Waals surface area contributed by atoms with Gasteiger partial charge in [-0.15, -0.1) is 24.0 Å². The third kappa shape index (κ3) is 7.37. The Balaban J connectivity index is 0.00000312. The fourth-order valence-corrected chi connectivity index (χ4v) is 3.83. The lowest BCUT2D eigenvalue weighted by atomic mass is 10.2. The van der Waals surface area contributed by atoms with Crippen molar-refractivity contribution in [3.05, 3.63) is 29.8 Å². The predicted octanol–water partition coefficient (Wildman–Crippen LogP) is 0.709. The van der Waals surface area contributed by atoms with Crippen LogP contribution in [0.25, 0.3) is 0 Å². The van der Waals surface area contributed by atoms with Crippen LogP contribution in [-0.2, 0) is 16.4 Å². The van der Waals surface area contributed by atoms with Gasteiger partial charge in [0.15, 0.2) is 15.8 Å². The number of nitrogens with zero attached hydrogens (tertiary/aromatic N) is 2. The number of hydrogen-bond donors (Lipinski definition) is 2. The normalized spacial score (nSPS) is 17.4. The fourth-order valence-electron chi connectivity index (χ4n) is 2.55. The number of ether oxygens (including phenoxy) is 1. The molecule has 1 aliphatic heterocycles. The van der Waals surface area contributed by atoms with Crippen LogP contribution in [0.1, 0.15) is 5.56 Å². The number of sulfone groups is 1. The lowest BCUT2D eigenvalue weighted by Gasteiger charge is -2.26. The smallest absolute Gasteiger partial charge is 0.191 e. The molecule has 0 unspecified atom stereocenters. The molecule has 1 aromatic rings. The molecule has 142 valence electrons. The van der Waals surface area contributed by atoms with Gasteiger partial charge in [0.2, 0.25) is 0 Å². The number of nitrogens with one attached hydrogen (secondary N) is 2. The fraction of sp³-hybridized carbons (Fsp3) is 0.562. The summed E-state index contributed by atoms with van der Waals surface area (Å²) in [4.78, 5) is 6.36. The molecule has 0 bridgehead atoms. The van der Waals surface area contributed by atoms with Crippen molar-refractivity contribution in [1.82, 2.24) is 15.5 Å². The highest BCUT2D eigenvalue weighted by Crippen LogP contribution is 2.16. The van der Waals surface area contributed by atoms with Crippen molar-refractivity contribution in [3.63, 3.8) is 0 Å². The lowest BCUT2D eigenvalue weighted by Crippen LogP contribution is -2.45. The van der Waals surface area contributed by atoms with E-state index in [0.717, 1.165) is 17.9 Å². The topological polar surface area (TPSA) is 83.0 Å². The molecule has 1 saturated heterocycles. The minimum absolute atomic E-state index is 0. The quantitative estimate of drug-likeness (QED) is 0.353. The summed E-state index contributed by atoms with van der Waals surface area (Å²) < 4.78 is 28.2. The zero-order valence-electron chi connectivity index (χ0n) is 14.7. The summed E-state index contributed by atoms with van der Waals surface area (Å²) in [6.07, 6.45) is 0. The second-order valence-electron chi connectivity index (χ2n) is 5.66. The number of halogens is 1. The van der Waals surface area contributed by atoms with Crippen LogP contribution in [0.4, 0.5) is 0 Å². The van der Waals surface area contributed by atoms with Crippen LogP contribution < -0.4 is 15.4 Å². The van der Waals surface area contributed by atoms with Crippen molar-refractivity contribution in [1.29, 1.82) is 0 Å². The van der Waals surface area contributed by atoms with Gasteiger partial charge in [-0.25, -0.2) is 8.42 Å². The number of hydrogen-bond acceptors (Lipinski definition) is 5. The van der Waals surface area contributed by atoms with Gasteiger partial charge in [-0.2, -0.15) is 0 Å². The first kappa shape index (κ1) is 22.0. The molecule has 2 rings (SSSR count). The SMILES string of the molecule is CN=C(NCCN1CCS(=O)(=O)CC1)NCc1ccccc1OC.I. The number of para-hydroxylation sites is 1. The van der Waals surface area contributed by atoms with Crippen LogP contribution in [0.3, 0.4) is 0 Å². The third-order valence-electron chi connectivity index (χ3n) is 4.02. The van der Waals surface area contributed by atoms with Gasteiger partial charge in [0, 0.05) is 45.3 Å². The first-order valence-corrected chi connectivity index (χ1v) is 9.85. The van der Waals surface area contributed by atoms with E-state index in [1.54, 1.807) is 14.2 Å². The molecule has 0 amide bonds. The summed E-state index contributed by atoms with van der Waals surface area (Å²) in [5, 5.41) is 6.51. The molecule has 1 heterocycles. The minimum atomic E-state index is -2.82.